The molecule has 2 aromatic heterocycles. The first-order valence-corrected chi connectivity index (χ1v) is 7.26. The molecular weight excluding hydrogens is 340 g/mol. The number of hydrogen-bond acceptors (Lipinski definition) is 10. The molecule has 0 amide bonds. The van der Waals surface area contributed by atoms with Crippen LogP contribution in [0.1, 0.15) is 21.3 Å². The Bertz CT molecular complexity index is 950. The van der Waals surface area contributed by atoms with Crippen LogP contribution in [0.25, 0.3) is 11.4 Å². The molecule has 2 N–H and O–H groups in total. The van der Waals surface area contributed by atoms with Crippen molar-refractivity contribution in [3.05, 3.63) is 44.2 Å². The molecule has 1 aromatic carbocycles. The Morgan fingerprint density at radius 2 is 2.17 bits per heavy atom. The van der Waals surface area contributed by atoms with Crippen LogP contribution in [0.15, 0.2) is 22.2 Å². The molecule has 0 fully saturated rings. The second kappa shape index (κ2) is 5.70. The fraction of sp³-hybridized carbons (Fsp3) is 0.0769. The summed E-state index contributed by atoms with van der Waals surface area (Å²) >= 11 is 0.974. The minimum atomic E-state index is -1.02. The Kier molecular flexibility index (Phi) is 3.69. The Balaban J connectivity index is 2.36. The van der Waals surface area contributed by atoms with Gasteiger partial charge in [-0.1, -0.05) is 5.16 Å². The second-order valence-electron chi connectivity index (χ2n) is 4.58. The van der Waals surface area contributed by atoms with E-state index in [1.165, 1.54) is 18.5 Å². The molecule has 0 spiro atoms. The number of carbonyl (C=O) groups is 1. The van der Waals surface area contributed by atoms with Crippen molar-refractivity contribution in [3.63, 3.8) is 0 Å². The highest BCUT2D eigenvalue weighted by molar-refractivity contribution is 7.11. The van der Waals surface area contributed by atoms with E-state index >= 15 is 0 Å². The average molecular weight is 348 g/mol. The van der Waals surface area contributed by atoms with E-state index in [1.54, 1.807) is 0 Å². The Morgan fingerprint density at radius 1 is 1.42 bits per heavy atom. The average Bonchev–Trinajstić information content (AvgIpc) is 3.19. The zero-order chi connectivity index (χ0) is 17.4. The predicted octanol–water partition coefficient (Wildman–Crippen LogP) is 2.05. The zero-order valence-electron chi connectivity index (χ0n) is 12.0. The van der Waals surface area contributed by atoms with Gasteiger partial charge in [-0.25, -0.2) is 4.98 Å². The van der Waals surface area contributed by atoms with Crippen molar-refractivity contribution in [2.45, 2.75) is 6.92 Å². The lowest BCUT2D eigenvalue weighted by Crippen LogP contribution is -2.08. The second-order valence-corrected chi connectivity index (χ2v) is 5.47. The van der Waals surface area contributed by atoms with Crippen LogP contribution in [0.5, 0.6) is 11.5 Å². The van der Waals surface area contributed by atoms with Crippen LogP contribution >= 0.6 is 11.3 Å². The van der Waals surface area contributed by atoms with Crippen molar-refractivity contribution in [3.8, 4) is 22.9 Å². The number of thiazole rings is 1. The van der Waals surface area contributed by atoms with E-state index in [2.05, 4.69) is 15.1 Å². The summed E-state index contributed by atoms with van der Waals surface area (Å²) in [5.41, 5.74) is -1.58. The van der Waals surface area contributed by atoms with Crippen molar-refractivity contribution < 1.29 is 24.5 Å². The van der Waals surface area contributed by atoms with E-state index < -0.39 is 33.5 Å². The van der Waals surface area contributed by atoms with E-state index in [0.29, 0.717) is 0 Å². The third kappa shape index (κ3) is 2.46. The number of nitrogens with zero attached hydrogens (tertiary/aromatic N) is 4. The zero-order valence-corrected chi connectivity index (χ0v) is 12.8. The van der Waals surface area contributed by atoms with Crippen LogP contribution in [-0.2, 0) is 0 Å². The molecule has 0 aliphatic carbocycles. The monoisotopic (exact) mass is 348 g/mol. The van der Waals surface area contributed by atoms with Gasteiger partial charge in [-0.2, -0.15) is 4.98 Å². The molecule has 0 radical (unpaired) electrons. The van der Waals surface area contributed by atoms with Crippen molar-refractivity contribution in [1.82, 2.24) is 15.1 Å². The van der Waals surface area contributed by atoms with Crippen LogP contribution in [-0.4, -0.2) is 36.0 Å². The molecule has 0 atom stereocenters. The van der Waals surface area contributed by atoms with Gasteiger partial charge in [-0.05, 0) is 6.07 Å². The van der Waals surface area contributed by atoms with Gasteiger partial charge >= 0.3 is 5.69 Å². The molecular formula is C13H8N4O6S. The number of nitro groups is 1. The normalized spacial score (nSPS) is 10.7. The lowest BCUT2D eigenvalue weighted by atomic mass is 9.99. The molecule has 3 rings (SSSR count). The summed E-state index contributed by atoms with van der Waals surface area (Å²) < 4.78 is 4.82. The van der Waals surface area contributed by atoms with Gasteiger partial charge in [0.2, 0.25) is 23.2 Å². The van der Waals surface area contributed by atoms with Crippen LogP contribution in [0.2, 0.25) is 0 Å². The number of benzene rings is 1. The number of phenols is 2. The maximum atomic E-state index is 12.7. The van der Waals surface area contributed by atoms with Gasteiger partial charge in [0.25, 0.3) is 0 Å². The maximum Gasteiger partial charge on any atom is 0.326 e. The smallest absolute Gasteiger partial charge is 0.326 e. The number of aromatic nitrogens is 3. The molecule has 122 valence electrons. The fourth-order valence-corrected chi connectivity index (χ4v) is 2.66. The molecule has 0 aliphatic rings. The Labute approximate surface area is 137 Å². The van der Waals surface area contributed by atoms with Crippen LogP contribution in [0.3, 0.4) is 0 Å². The lowest BCUT2D eigenvalue weighted by Gasteiger charge is -2.08. The van der Waals surface area contributed by atoms with Gasteiger partial charge in [0, 0.05) is 24.1 Å². The molecule has 2 heterocycles. The van der Waals surface area contributed by atoms with E-state index in [-0.39, 0.29) is 22.3 Å². The van der Waals surface area contributed by atoms with E-state index in [4.69, 9.17) is 4.52 Å². The third-order valence-electron chi connectivity index (χ3n) is 3.06. The van der Waals surface area contributed by atoms with Crippen LogP contribution in [0, 0.1) is 17.0 Å². The molecule has 0 unspecified atom stereocenters. The lowest BCUT2D eigenvalue weighted by molar-refractivity contribution is -0.386. The van der Waals surface area contributed by atoms with Gasteiger partial charge in [0.1, 0.15) is 5.56 Å². The highest BCUT2D eigenvalue weighted by Crippen LogP contribution is 2.44. The predicted molar refractivity (Wildman–Crippen MR) is 80.0 cm³/mol. The van der Waals surface area contributed by atoms with Crippen molar-refractivity contribution in [1.29, 1.82) is 0 Å². The maximum absolute atomic E-state index is 12.7. The number of phenolic OH excluding ortho intramolecular Hbond substituents is 2. The number of ketones is 1. The largest absolute Gasteiger partial charge is 0.504 e. The van der Waals surface area contributed by atoms with Crippen molar-refractivity contribution >= 4 is 22.8 Å². The van der Waals surface area contributed by atoms with Gasteiger partial charge in [-0.3, -0.25) is 14.9 Å². The SMILES string of the molecule is Cc1nc(-c2cc(O)c(O)c([N+](=O)[O-])c2C(=O)c2nccs2)no1. The number of nitro benzene ring substituents is 1. The fourth-order valence-electron chi connectivity index (χ4n) is 2.08. The topological polar surface area (TPSA) is 152 Å². The summed E-state index contributed by atoms with van der Waals surface area (Å²) in [6.45, 7) is 1.49. The minimum absolute atomic E-state index is 0.0235. The molecule has 3 aromatic rings. The number of aryl methyl sites for hydroxylation is 1. The number of carbonyl (C=O) groups excluding carboxylic acids is 1. The van der Waals surface area contributed by atoms with Crippen LogP contribution in [0.4, 0.5) is 5.69 Å². The van der Waals surface area contributed by atoms with E-state index in [0.717, 1.165) is 17.4 Å². The molecule has 0 aliphatic heterocycles. The summed E-state index contributed by atoms with van der Waals surface area (Å²) in [6.07, 6.45) is 1.36. The summed E-state index contributed by atoms with van der Waals surface area (Å²) in [5.74, 6) is -2.58. The van der Waals surface area contributed by atoms with E-state index in [9.17, 15) is 25.1 Å². The van der Waals surface area contributed by atoms with Crippen molar-refractivity contribution in [2.75, 3.05) is 0 Å². The van der Waals surface area contributed by atoms with E-state index in [1.807, 2.05) is 0 Å². The third-order valence-corrected chi connectivity index (χ3v) is 3.83. The standard InChI is InChI=1S/C13H8N4O6S/c1-5-15-12(16-23-5)6-4-7(18)10(19)9(17(21)22)8(6)11(20)13-14-2-3-24-13/h2-4,18-19H,1H3. The first-order valence-electron chi connectivity index (χ1n) is 6.38. The van der Waals surface area contributed by atoms with Crippen molar-refractivity contribution in [2.24, 2.45) is 0 Å². The van der Waals surface area contributed by atoms with Crippen LogP contribution < -0.4 is 0 Å². The summed E-state index contributed by atoms with van der Waals surface area (Å²) in [5, 5.41) is 36.1. The Hall–Kier alpha value is -3.34. The van der Waals surface area contributed by atoms with Gasteiger partial charge in [0.15, 0.2) is 10.8 Å². The quantitative estimate of drug-likeness (QED) is 0.312. The molecule has 0 bridgehead atoms. The molecule has 10 nitrogen and oxygen atoms in total. The van der Waals surface area contributed by atoms with Gasteiger partial charge in [-0.15, -0.1) is 11.3 Å². The first kappa shape index (κ1) is 15.6. The number of rotatable bonds is 4. The van der Waals surface area contributed by atoms with Gasteiger partial charge < -0.3 is 14.7 Å². The highest BCUT2D eigenvalue weighted by atomic mass is 32.1. The number of aromatic hydroxyl groups is 2. The van der Waals surface area contributed by atoms with Gasteiger partial charge in [0.05, 0.1) is 4.92 Å². The summed E-state index contributed by atoms with van der Waals surface area (Å²) in [7, 11) is 0. The molecule has 11 heteroatoms. The molecule has 24 heavy (non-hydrogen) atoms. The summed E-state index contributed by atoms with van der Waals surface area (Å²) in [4.78, 5) is 30.8. The molecule has 0 saturated carbocycles. The molecule has 0 saturated heterocycles. The number of hydrogen-bond donors (Lipinski definition) is 2. The first-order chi connectivity index (χ1) is 11.4. The highest BCUT2D eigenvalue weighted by Gasteiger charge is 2.34. The Morgan fingerprint density at radius 3 is 2.71 bits per heavy atom. The minimum Gasteiger partial charge on any atom is -0.504 e. The summed E-state index contributed by atoms with van der Waals surface area (Å²) in [6, 6.07) is 0.966.